The summed E-state index contributed by atoms with van der Waals surface area (Å²) in [6, 6.07) is 0. The van der Waals surface area contributed by atoms with Crippen LogP contribution in [0.3, 0.4) is 0 Å². The number of amides is 2. The molecule has 82 heavy (non-hydrogen) atoms. The summed E-state index contributed by atoms with van der Waals surface area (Å²) >= 11 is 1.43. The number of thioether (sulfide) groups is 1. The fourth-order valence-corrected chi connectivity index (χ4v) is 14.4. The monoisotopic (exact) mass is 1160 g/mol. The molecule has 4 unspecified atom stereocenters. The van der Waals surface area contributed by atoms with Gasteiger partial charge >= 0.3 is 17.9 Å². The molecule has 0 aromatic carbocycles. The van der Waals surface area contributed by atoms with Crippen LogP contribution < -0.4 is 10.6 Å². The van der Waals surface area contributed by atoms with Crippen molar-refractivity contribution in [3.8, 4) is 0 Å². The topological polar surface area (TPSA) is 184 Å². The van der Waals surface area contributed by atoms with Gasteiger partial charge in [0.1, 0.15) is 47.2 Å². The molecule has 15 heteroatoms. The van der Waals surface area contributed by atoms with E-state index in [4.69, 9.17) is 28.7 Å². The van der Waals surface area contributed by atoms with Gasteiger partial charge in [-0.25, -0.2) is 14.6 Å². The number of esters is 3. The number of nitrogens with one attached hydrogen (secondary N) is 3. The van der Waals surface area contributed by atoms with Crippen LogP contribution in [0.15, 0.2) is 21.8 Å². The van der Waals surface area contributed by atoms with Gasteiger partial charge in [-0.05, 0) is 114 Å². The number of hydrogen-bond acceptors (Lipinski definition) is 12. The Morgan fingerprint density at radius 3 is 1.52 bits per heavy atom. The molecular weight excluding hydrogens is 1050 g/mol. The van der Waals surface area contributed by atoms with Crippen molar-refractivity contribution in [1.82, 2.24) is 10.3 Å². The standard InChI is InChI=1S/C67H112N4O10S/c1-25-49(72)78-32-33-82-67(28-4,29-5)61(76)71-57-53(59(74)81-55-45(64(18,19)20)36-42(11)37-46(55)65(21,22)23)51(40(8)9)48(69-57)38-47-50(39(6)7)52(56(68-47)70-60(75)66(26-2,27-3)79-31-30-77-24)58(73)80-54-43(62(12,13)14)34-41(10)35-44(54)63(15,16)17/h38-46,54-55,69H,25-37H2,1-24H3,(H,71,76)(H,68,70,75). The molecule has 1 aliphatic heterocycles. The largest absolute Gasteiger partial charge is 0.465 e. The third-order valence-electron chi connectivity index (χ3n) is 18.3. The van der Waals surface area contributed by atoms with Gasteiger partial charge in [0.05, 0.1) is 23.7 Å². The summed E-state index contributed by atoms with van der Waals surface area (Å²) in [5.41, 5.74) is 0.427. The van der Waals surface area contributed by atoms with Crippen molar-refractivity contribution in [3.05, 3.63) is 33.7 Å². The molecule has 0 bridgehead atoms. The van der Waals surface area contributed by atoms with Crippen LogP contribution in [0.2, 0.25) is 0 Å². The highest BCUT2D eigenvalue weighted by Gasteiger charge is 2.51. The average molecular weight is 1170 g/mol. The van der Waals surface area contributed by atoms with Crippen LogP contribution >= 0.6 is 11.8 Å². The van der Waals surface area contributed by atoms with E-state index in [1.165, 1.54) is 11.8 Å². The zero-order chi connectivity index (χ0) is 62.2. The second kappa shape index (κ2) is 28.5. The quantitative estimate of drug-likeness (QED) is 0.0538. The van der Waals surface area contributed by atoms with Crippen LogP contribution in [0.5, 0.6) is 0 Å². The summed E-state index contributed by atoms with van der Waals surface area (Å²) in [6.07, 6.45) is 6.44. The number of amidine groups is 1. The van der Waals surface area contributed by atoms with E-state index in [0.29, 0.717) is 65.8 Å². The Hall–Kier alpha value is -3.95. The maximum atomic E-state index is 15.7. The molecule has 3 aliphatic rings. The summed E-state index contributed by atoms with van der Waals surface area (Å²) in [7, 11) is 1.58. The van der Waals surface area contributed by atoms with Crippen molar-refractivity contribution < 1.29 is 47.7 Å². The molecule has 1 aromatic rings. The minimum atomic E-state index is -1.26. The highest BCUT2D eigenvalue weighted by atomic mass is 32.2. The maximum Gasteiger partial charge on any atom is 0.342 e. The average Bonchev–Trinajstić information content (AvgIpc) is 3.83. The molecule has 2 aliphatic carbocycles. The van der Waals surface area contributed by atoms with Crippen LogP contribution in [-0.4, -0.2) is 95.8 Å². The molecule has 4 atom stereocenters. The number of nitrogens with zero attached hydrogens (tertiary/aromatic N) is 1. The van der Waals surface area contributed by atoms with E-state index in [1.54, 1.807) is 14.0 Å². The van der Waals surface area contributed by atoms with Crippen molar-refractivity contribution in [3.63, 3.8) is 0 Å². The Morgan fingerprint density at radius 1 is 0.646 bits per heavy atom. The van der Waals surface area contributed by atoms with Crippen LogP contribution in [0.4, 0.5) is 5.82 Å². The summed E-state index contributed by atoms with van der Waals surface area (Å²) in [5.74, 6) is -1.09. The molecule has 2 saturated carbocycles. The van der Waals surface area contributed by atoms with E-state index in [-0.39, 0.29) is 118 Å². The first-order chi connectivity index (χ1) is 37.9. The van der Waals surface area contributed by atoms with E-state index in [9.17, 15) is 9.59 Å². The fourth-order valence-electron chi connectivity index (χ4n) is 13.2. The van der Waals surface area contributed by atoms with E-state index in [2.05, 4.69) is 113 Å². The molecule has 2 heterocycles. The van der Waals surface area contributed by atoms with Crippen LogP contribution in [0, 0.1) is 63.1 Å². The highest BCUT2D eigenvalue weighted by Crippen LogP contribution is 2.52. The Morgan fingerprint density at radius 2 is 1.12 bits per heavy atom. The lowest BCUT2D eigenvalue weighted by molar-refractivity contribution is -0.164. The molecule has 466 valence electrons. The van der Waals surface area contributed by atoms with Gasteiger partial charge in [-0.3, -0.25) is 14.4 Å². The maximum absolute atomic E-state index is 15.7. The van der Waals surface area contributed by atoms with Crippen LogP contribution in [0.25, 0.3) is 6.08 Å². The Kier molecular flexibility index (Phi) is 24.5. The summed E-state index contributed by atoms with van der Waals surface area (Å²) in [6.45, 7) is 49.4. The predicted octanol–water partition coefficient (Wildman–Crippen LogP) is 15.3. The summed E-state index contributed by atoms with van der Waals surface area (Å²) in [4.78, 5) is 82.2. The lowest BCUT2D eigenvalue weighted by Crippen LogP contribution is -2.52. The Balaban J connectivity index is 2.11. The van der Waals surface area contributed by atoms with Crippen molar-refractivity contribution in [1.29, 1.82) is 0 Å². The predicted molar refractivity (Wildman–Crippen MR) is 335 cm³/mol. The number of anilines is 1. The lowest BCUT2D eigenvalue weighted by Gasteiger charge is -2.50. The van der Waals surface area contributed by atoms with Crippen molar-refractivity contribution in [2.24, 2.45) is 68.1 Å². The molecule has 2 fully saturated rings. The summed E-state index contributed by atoms with van der Waals surface area (Å²) in [5, 5.41) is 6.36. The molecule has 3 N–H and O–H groups in total. The van der Waals surface area contributed by atoms with Crippen LogP contribution in [-0.2, 0) is 42.9 Å². The summed E-state index contributed by atoms with van der Waals surface area (Å²) < 4.78 is 30.1. The molecule has 1 aromatic heterocycles. The zero-order valence-corrected chi connectivity index (χ0v) is 56.3. The number of carbonyl (C=O) groups is 5. The van der Waals surface area contributed by atoms with E-state index in [1.807, 2.05) is 61.5 Å². The normalized spacial score (nSPS) is 23.8. The van der Waals surface area contributed by atoms with Crippen molar-refractivity contribution >= 4 is 59.2 Å². The molecular formula is C67H112N4O10S. The van der Waals surface area contributed by atoms with Crippen molar-refractivity contribution in [2.45, 2.75) is 246 Å². The van der Waals surface area contributed by atoms with Gasteiger partial charge in [0.25, 0.3) is 5.91 Å². The number of allylic oxidation sites excluding steroid dienone is 1. The number of methoxy groups -OCH3 is 1. The minimum Gasteiger partial charge on any atom is -0.465 e. The molecule has 14 nitrogen and oxygen atoms in total. The fraction of sp³-hybridized carbons (Fsp3) is 0.791. The Labute approximate surface area is 500 Å². The van der Waals surface area contributed by atoms with Crippen molar-refractivity contribution in [2.75, 3.05) is 38.0 Å². The van der Waals surface area contributed by atoms with Gasteiger partial charge < -0.3 is 39.3 Å². The second-order valence-corrected chi connectivity index (χ2v) is 30.6. The molecule has 0 spiro atoms. The number of aromatic amines is 1. The number of hydrogen-bond donors (Lipinski definition) is 3. The van der Waals surface area contributed by atoms with E-state index < -0.39 is 40.4 Å². The van der Waals surface area contributed by atoms with Gasteiger partial charge in [0.15, 0.2) is 0 Å². The van der Waals surface area contributed by atoms with Gasteiger partial charge in [0, 0.05) is 48.6 Å². The first-order valence-electron chi connectivity index (χ1n) is 31.2. The first kappa shape index (κ1) is 70.5. The first-order valence-corrected chi connectivity index (χ1v) is 32.2. The smallest absolute Gasteiger partial charge is 0.342 e. The number of carbonyl (C=O) groups excluding carboxylic acids is 5. The van der Waals surface area contributed by atoms with Crippen LogP contribution in [0.1, 0.15) is 245 Å². The zero-order valence-electron chi connectivity index (χ0n) is 55.5. The van der Waals surface area contributed by atoms with E-state index >= 15 is 14.4 Å². The SMILES string of the molecule is CCC(=O)OCCSC(CC)(CC)C(=O)Nc1[nH]c(C=C2N=C(NC(=O)C(CC)(CC)OCCOC)C(C(=O)OC3C(C(C)(C)C)CC(C)CC3C(C)(C)C)=C2C(C)C)c(C(C)C)c1C(=O)OC1C(C(C)(C)C)CC(C)CC1C(C)(C)C. The van der Waals surface area contributed by atoms with Gasteiger partial charge in [-0.1, -0.05) is 159 Å². The van der Waals surface area contributed by atoms with E-state index in [0.717, 1.165) is 25.7 Å². The lowest BCUT2D eigenvalue weighted by atomic mass is 9.59. The molecule has 0 radical (unpaired) electrons. The number of ether oxygens (including phenoxy) is 5. The number of aliphatic imine (C=N–C) groups is 1. The third kappa shape index (κ3) is 16.7. The minimum absolute atomic E-state index is 0.0470. The molecule has 4 rings (SSSR count). The number of aromatic nitrogens is 1. The molecule has 2 amide bonds. The van der Waals surface area contributed by atoms with Gasteiger partial charge in [-0.15, -0.1) is 11.8 Å². The van der Waals surface area contributed by atoms with Gasteiger partial charge in [0.2, 0.25) is 5.91 Å². The Bertz CT molecular complexity index is 2420. The molecule has 0 saturated heterocycles. The number of H-pyrrole nitrogens is 1. The second-order valence-electron chi connectivity index (χ2n) is 29.1. The third-order valence-corrected chi connectivity index (χ3v) is 20.0. The number of rotatable bonds is 23. The van der Waals surface area contributed by atoms with Gasteiger partial charge in [-0.2, -0.15) is 0 Å². The highest BCUT2D eigenvalue weighted by molar-refractivity contribution is 8.01.